The molecule has 0 unspecified atom stereocenters. The third kappa shape index (κ3) is 4.09. The van der Waals surface area contributed by atoms with Crippen LogP contribution >= 0.6 is 0 Å². The Morgan fingerprint density at radius 3 is 2.20 bits per heavy atom. The highest BCUT2D eigenvalue weighted by Crippen LogP contribution is 2.29. The van der Waals surface area contributed by atoms with Gasteiger partial charge in [0.25, 0.3) is 17.7 Å². The van der Waals surface area contributed by atoms with Crippen LogP contribution in [0.2, 0.25) is 0 Å². The summed E-state index contributed by atoms with van der Waals surface area (Å²) in [6.45, 7) is 0.786. The van der Waals surface area contributed by atoms with Crippen LogP contribution in [0.25, 0.3) is 0 Å². The molecule has 0 aliphatic carbocycles. The van der Waals surface area contributed by atoms with Gasteiger partial charge in [-0.05, 0) is 31.2 Å². The van der Waals surface area contributed by atoms with Gasteiger partial charge in [0, 0.05) is 6.07 Å². The van der Waals surface area contributed by atoms with Gasteiger partial charge >= 0.3 is 5.97 Å². The lowest BCUT2D eigenvalue weighted by atomic mass is 10.1. The van der Waals surface area contributed by atoms with Gasteiger partial charge in [0.05, 0.1) is 31.0 Å². The molecule has 1 aliphatic rings. The standard InChI is InChI=1S/C21H20N2O7/c1-12(19(25)22-16-10-13(28-2)8-9-17(16)29-3)30-18(24)11-23-20(26)14-6-4-5-7-15(14)21(23)27/h4-10,12H,11H2,1-3H3,(H,22,25)/t12-/m0/s1. The Hall–Kier alpha value is -3.88. The third-order valence-electron chi connectivity index (χ3n) is 4.51. The molecule has 9 heteroatoms. The zero-order chi connectivity index (χ0) is 21.8. The number of carbonyl (C=O) groups is 4. The van der Waals surface area contributed by atoms with Crippen LogP contribution in [0.3, 0.4) is 0 Å². The molecule has 1 atom stereocenters. The van der Waals surface area contributed by atoms with E-state index in [4.69, 9.17) is 14.2 Å². The fourth-order valence-corrected chi connectivity index (χ4v) is 2.95. The first-order valence-corrected chi connectivity index (χ1v) is 9.03. The summed E-state index contributed by atoms with van der Waals surface area (Å²) in [5, 5.41) is 2.60. The number of esters is 1. The van der Waals surface area contributed by atoms with Crippen LogP contribution in [0.15, 0.2) is 42.5 Å². The fraction of sp³-hybridized carbons (Fsp3) is 0.238. The molecule has 1 heterocycles. The predicted molar refractivity (Wildman–Crippen MR) is 106 cm³/mol. The summed E-state index contributed by atoms with van der Waals surface area (Å²) in [4.78, 5) is 50.1. The second-order valence-corrected chi connectivity index (χ2v) is 6.43. The number of anilines is 1. The number of hydrogen-bond donors (Lipinski definition) is 1. The predicted octanol–water partition coefficient (Wildman–Crippen LogP) is 1.87. The zero-order valence-corrected chi connectivity index (χ0v) is 16.6. The number of hydrogen-bond acceptors (Lipinski definition) is 7. The van der Waals surface area contributed by atoms with Crippen LogP contribution in [-0.4, -0.2) is 55.5 Å². The van der Waals surface area contributed by atoms with E-state index in [1.165, 1.54) is 33.3 Å². The van der Waals surface area contributed by atoms with Gasteiger partial charge in [-0.3, -0.25) is 24.1 Å². The minimum absolute atomic E-state index is 0.228. The van der Waals surface area contributed by atoms with Crippen LogP contribution in [0.5, 0.6) is 11.5 Å². The number of rotatable bonds is 7. The van der Waals surface area contributed by atoms with E-state index in [2.05, 4.69) is 5.32 Å². The number of benzene rings is 2. The summed E-state index contributed by atoms with van der Waals surface area (Å²) in [5.41, 5.74) is 0.794. The van der Waals surface area contributed by atoms with E-state index in [-0.39, 0.29) is 11.1 Å². The van der Waals surface area contributed by atoms with Crippen molar-refractivity contribution in [1.82, 2.24) is 4.90 Å². The second kappa shape index (κ2) is 8.64. The Kier molecular flexibility index (Phi) is 6.01. The maximum Gasteiger partial charge on any atom is 0.326 e. The van der Waals surface area contributed by atoms with Crippen LogP contribution < -0.4 is 14.8 Å². The summed E-state index contributed by atoms with van der Waals surface area (Å²) in [5.74, 6) is -1.76. The molecule has 0 radical (unpaired) electrons. The van der Waals surface area contributed by atoms with Crippen molar-refractivity contribution in [2.45, 2.75) is 13.0 Å². The largest absolute Gasteiger partial charge is 0.497 e. The van der Waals surface area contributed by atoms with Crippen molar-refractivity contribution in [3.05, 3.63) is 53.6 Å². The molecule has 1 aliphatic heterocycles. The van der Waals surface area contributed by atoms with E-state index in [9.17, 15) is 19.2 Å². The van der Waals surface area contributed by atoms with Crippen molar-refractivity contribution < 1.29 is 33.4 Å². The molecular weight excluding hydrogens is 392 g/mol. The van der Waals surface area contributed by atoms with E-state index in [0.29, 0.717) is 17.2 Å². The van der Waals surface area contributed by atoms with E-state index in [1.54, 1.807) is 30.3 Å². The maximum atomic E-state index is 12.4. The number of methoxy groups -OCH3 is 2. The first-order valence-electron chi connectivity index (χ1n) is 9.03. The van der Waals surface area contributed by atoms with Crippen LogP contribution in [0.4, 0.5) is 5.69 Å². The number of nitrogens with one attached hydrogen (secondary N) is 1. The van der Waals surface area contributed by atoms with Crippen LogP contribution in [0, 0.1) is 0 Å². The van der Waals surface area contributed by atoms with Gasteiger partial charge in [-0.2, -0.15) is 0 Å². The van der Waals surface area contributed by atoms with Gasteiger partial charge in [-0.25, -0.2) is 0 Å². The molecule has 0 fully saturated rings. The maximum absolute atomic E-state index is 12.4. The third-order valence-corrected chi connectivity index (χ3v) is 4.51. The Balaban J connectivity index is 1.62. The molecular formula is C21H20N2O7. The number of amides is 3. The highest BCUT2D eigenvalue weighted by atomic mass is 16.5. The number of fused-ring (bicyclic) bond motifs is 1. The van der Waals surface area contributed by atoms with E-state index >= 15 is 0 Å². The molecule has 2 aromatic rings. The lowest BCUT2D eigenvalue weighted by Gasteiger charge is -2.17. The monoisotopic (exact) mass is 412 g/mol. The van der Waals surface area contributed by atoms with E-state index in [0.717, 1.165) is 4.90 Å². The molecule has 3 amide bonds. The van der Waals surface area contributed by atoms with Gasteiger partial charge in [0.1, 0.15) is 18.0 Å². The average molecular weight is 412 g/mol. The number of nitrogens with zero attached hydrogens (tertiary/aromatic N) is 1. The smallest absolute Gasteiger partial charge is 0.326 e. The molecule has 0 aromatic heterocycles. The number of imide groups is 1. The van der Waals surface area contributed by atoms with Gasteiger partial charge < -0.3 is 19.5 Å². The number of ether oxygens (including phenoxy) is 3. The highest BCUT2D eigenvalue weighted by Gasteiger charge is 2.37. The first-order chi connectivity index (χ1) is 14.3. The highest BCUT2D eigenvalue weighted by molar-refractivity contribution is 6.22. The molecule has 0 bridgehead atoms. The van der Waals surface area contributed by atoms with Crippen molar-refractivity contribution in [3.63, 3.8) is 0 Å². The molecule has 30 heavy (non-hydrogen) atoms. The Labute approximate surface area is 172 Å². The molecule has 3 rings (SSSR count). The molecule has 2 aromatic carbocycles. The summed E-state index contributed by atoms with van der Waals surface area (Å²) in [6, 6.07) is 11.1. The van der Waals surface area contributed by atoms with Crippen molar-refractivity contribution in [1.29, 1.82) is 0 Å². The van der Waals surface area contributed by atoms with Crippen molar-refractivity contribution >= 4 is 29.4 Å². The lowest BCUT2D eigenvalue weighted by Crippen LogP contribution is -2.38. The van der Waals surface area contributed by atoms with Crippen LogP contribution in [-0.2, 0) is 14.3 Å². The summed E-state index contributed by atoms with van der Waals surface area (Å²) >= 11 is 0. The zero-order valence-electron chi connectivity index (χ0n) is 16.6. The minimum atomic E-state index is -1.18. The SMILES string of the molecule is COc1ccc(OC)c(NC(=O)[C@H](C)OC(=O)CN2C(=O)c3ccccc3C2=O)c1. The molecule has 0 saturated heterocycles. The average Bonchev–Trinajstić information content (AvgIpc) is 2.98. The molecule has 156 valence electrons. The second-order valence-electron chi connectivity index (χ2n) is 6.43. The van der Waals surface area contributed by atoms with Gasteiger partial charge in [0.2, 0.25) is 0 Å². The van der Waals surface area contributed by atoms with Gasteiger partial charge in [0.15, 0.2) is 6.10 Å². The van der Waals surface area contributed by atoms with Crippen LogP contribution in [0.1, 0.15) is 27.6 Å². The topological polar surface area (TPSA) is 111 Å². The fourth-order valence-electron chi connectivity index (χ4n) is 2.95. The Bertz CT molecular complexity index is 983. The van der Waals surface area contributed by atoms with Crippen molar-refractivity contribution in [2.24, 2.45) is 0 Å². The van der Waals surface area contributed by atoms with Gasteiger partial charge in [-0.15, -0.1) is 0 Å². The molecule has 9 nitrogen and oxygen atoms in total. The molecule has 0 spiro atoms. The van der Waals surface area contributed by atoms with Crippen molar-refractivity contribution in [2.75, 3.05) is 26.1 Å². The summed E-state index contributed by atoms with van der Waals surface area (Å²) in [6.07, 6.45) is -1.18. The summed E-state index contributed by atoms with van der Waals surface area (Å²) in [7, 11) is 2.93. The molecule has 1 N–H and O–H groups in total. The lowest BCUT2D eigenvalue weighted by molar-refractivity contribution is -0.153. The first kappa shape index (κ1) is 20.8. The quantitative estimate of drug-likeness (QED) is 0.546. The summed E-state index contributed by atoms with van der Waals surface area (Å²) < 4.78 is 15.4. The van der Waals surface area contributed by atoms with Gasteiger partial charge in [-0.1, -0.05) is 12.1 Å². The van der Waals surface area contributed by atoms with E-state index < -0.39 is 36.3 Å². The number of carbonyl (C=O) groups excluding carboxylic acids is 4. The minimum Gasteiger partial charge on any atom is -0.497 e. The Morgan fingerprint density at radius 1 is 1.00 bits per heavy atom. The van der Waals surface area contributed by atoms with E-state index in [1.807, 2.05) is 0 Å². The Morgan fingerprint density at radius 2 is 1.63 bits per heavy atom. The normalized spacial score (nSPS) is 13.5. The molecule has 0 saturated carbocycles. The van der Waals surface area contributed by atoms with Crippen molar-refractivity contribution in [3.8, 4) is 11.5 Å².